The normalized spacial score (nSPS) is 12.3. The summed E-state index contributed by atoms with van der Waals surface area (Å²) in [6.07, 6.45) is 9.96. The van der Waals surface area contributed by atoms with Gasteiger partial charge in [-0.15, -0.1) is 0 Å². The molecule has 0 amide bonds. The van der Waals surface area contributed by atoms with E-state index >= 15 is 0 Å². The van der Waals surface area contributed by atoms with E-state index in [4.69, 9.17) is 4.42 Å². The Morgan fingerprint density at radius 3 is 2.78 bits per heavy atom. The first-order chi connectivity index (χ1) is 8.90. The molecule has 0 atom stereocenters. The van der Waals surface area contributed by atoms with Gasteiger partial charge in [0.1, 0.15) is 5.58 Å². The van der Waals surface area contributed by atoms with Crippen molar-refractivity contribution in [1.29, 1.82) is 0 Å². The Bertz CT molecular complexity index is 744. The fraction of sp³-hybridized carbons (Fsp3) is 0.0588. The largest absolute Gasteiger partial charge is 0.464 e. The Hall–Kier alpha value is -2.28. The van der Waals surface area contributed by atoms with Gasteiger partial charge in [-0.2, -0.15) is 0 Å². The first-order valence-electron chi connectivity index (χ1n) is 6.08. The van der Waals surface area contributed by atoms with Gasteiger partial charge in [-0.05, 0) is 23.8 Å². The SMILES string of the molecule is CC=CC=Cc1coc2ccc3ccccc3c12. The number of benzene rings is 2. The summed E-state index contributed by atoms with van der Waals surface area (Å²) in [5.74, 6) is 0. The summed E-state index contributed by atoms with van der Waals surface area (Å²) < 4.78 is 5.61. The van der Waals surface area contributed by atoms with Gasteiger partial charge in [0.2, 0.25) is 0 Å². The Labute approximate surface area is 106 Å². The van der Waals surface area contributed by atoms with E-state index in [2.05, 4.69) is 36.4 Å². The molecule has 18 heavy (non-hydrogen) atoms. The molecule has 3 rings (SSSR count). The van der Waals surface area contributed by atoms with Crippen LogP contribution in [-0.4, -0.2) is 0 Å². The molecule has 0 saturated heterocycles. The molecule has 1 nitrogen and oxygen atoms in total. The molecule has 0 bridgehead atoms. The molecule has 0 saturated carbocycles. The van der Waals surface area contributed by atoms with Crippen LogP contribution in [0.1, 0.15) is 12.5 Å². The molecular weight excluding hydrogens is 220 g/mol. The van der Waals surface area contributed by atoms with Crippen LogP contribution in [0, 0.1) is 0 Å². The van der Waals surface area contributed by atoms with Gasteiger partial charge in [-0.25, -0.2) is 0 Å². The number of hydrogen-bond donors (Lipinski definition) is 0. The minimum absolute atomic E-state index is 0.939. The quantitative estimate of drug-likeness (QED) is 0.557. The van der Waals surface area contributed by atoms with Crippen molar-refractivity contribution in [2.75, 3.05) is 0 Å². The van der Waals surface area contributed by atoms with Crippen LogP contribution in [-0.2, 0) is 0 Å². The smallest absolute Gasteiger partial charge is 0.135 e. The van der Waals surface area contributed by atoms with Crippen molar-refractivity contribution >= 4 is 27.8 Å². The average molecular weight is 234 g/mol. The predicted octanol–water partition coefficient (Wildman–Crippen LogP) is 5.18. The highest BCUT2D eigenvalue weighted by Gasteiger charge is 2.06. The lowest BCUT2D eigenvalue weighted by Crippen LogP contribution is -1.75. The van der Waals surface area contributed by atoms with Crippen molar-refractivity contribution in [3.8, 4) is 0 Å². The van der Waals surface area contributed by atoms with Gasteiger partial charge >= 0.3 is 0 Å². The van der Waals surface area contributed by atoms with Crippen molar-refractivity contribution < 1.29 is 4.42 Å². The van der Waals surface area contributed by atoms with Crippen LogP contribution in [0.3, 0.4) is 0 Å². The maximum Gasteiger partial charge on any atom is 0.135 e. The van der Waals surface area contributed by atoms with E-state index in [9.17, 15) is 0 Å². The third kappa shape index (κ3) is 1.74. The second-order valence-corrected chi connectivity index (χ2v) is 4.24. The second-order valence-electron chi connectivity index (χ2n) is 4.24. The van der Waals surface area contributed by atoms with Gasteiger partial charge in [0.15, 0.2) is 0 Å². The minimum Gasteiger partial charge on any atom is -0.464 e. The molecule has 1 heteroatoms. The van der Waals surface area contributed by atoms with Crippen molar-refractivity contribution in [1.82, 2.24) is 0 Å². The molecule has 1 aromatic heterocycles. The molecule has 0 unspecified atom stereocenters. The molecule has 0 fully saturated rings. The van der Waals surface area contributed by atoms with Gasteiger partial charge < -0.3 is 4.42 Å². The lowest BCUT2D eigenvalue weighted by atomic mass is 10.0. The monoisotopic (exact) mass is 234 g/mol. The van der Waals surface area contributed by atoms with Gasteiger partial charge in [0.05, 0.1) is 6.26 Å². The predicted molar refractivity (Wildman–Crippen MR) is 77.6 cm³/mol. The Morgan fingerprint density at radius 1 is 1.00 bits per heavy atom. The maximum absolute atomic E-state index is 5.61. The highest BCUT2D eigenvalue weighted by atomic mass is 16.3. The third-order valence-electron chi connectivity index (χ3n) is 3.07. The van der Waals surface area contributed by atoms with E-state index in [1.54, 1.807) is 0 Å². The molecule has 0 aliphatic rings. The van der Waals surface area contributed by atoms with Crippen molar-refractivity contribution in [3.63, 3.8) is 0 Å². The molecule has 1 heterocycles. The standard InChI is InChI=1S/C17H14O/c1-2-3-4-8-14-12-18-16-11-10-13-7-5-6-9-15(13)17(14)16/h2-12H,1H3. The zero-order valence-electron chi connectivity index (χ0n) is 10.3. The molecule has 88 valence electrons. The number of hydrogen-bond acceptors (Lipinski definition) is 1. The molecule has 0 aliphatic carbocycles. The van der Waals surface area contributed by atoms with Gasteiger partial charge in [0, 0.05) is 10.9 Å². The van der Waals surface area contributed by atoms with Gasteiger partial charge in [-0.1, -0.05) is 54.6 Å². The summed E-state index contributed by atoms with van der Waals surface area (Å²) in [6, 6.07) is 12.5. The summed E-state index contributed by atoms with van der Waals surface area (Å²) in [5, 5.41) is 3.67. The molecule has 2 aromatic carbocycles. The molecule has 0 spiro atoms. The Kier molecular flexibility index (Phi) is 2.73. The second kappa shape index (κ2) is 4.53. The summed E-state index contributed by atoms with van der Waals surface area (Å²) in [4.78, 5) is 0. The summed E-state index contributed by atoms with van der Waals surface area (Å²) in [5.41, 5.74) is 2.06. The maximum atomic E-state index is 5.61. The molecule has 0 radical (unpaired) electrons. The van der Waals surface area contributed by atoms with E-state index in [1.807, 2.05) is 37.5 Å². The van der Waals surface area contributed by atoms with Crippen LogP contribution >= 0.6 is 0 Å². The first kappa shape index (κ1) is 10.8. The van der Waals surface area contributed by atoms with E-state index < -0.39 is 0 Å². The van der Waals surface area contributed by atoms with Gasteiger partial charge in [0.25, 0.3) is 0 Å². The number of allylic oxidation sites excluding steroid dienone is 3. The van der Waals surface area contributed by atoms with E-state index in [-0.39, 0.29) is 0 Å². The fourth-order valence-electron chi connectivity index (χ4n) is 2.23. The van der Waals surface area contributed by atoms with Gasteiger partial charge in [-0.3, -0.25) is 0 Å². The summed E-state index contributed by atoms with van der Waals surface area (Å²) >= 11 is 0. The number of rotatable bonds is 2. The molecular formula is C17H14O. The highest BCUT2D eigenvalue weighted by molar-refractivity contribution is 6.09. The van der Waals surface area contributed by atoms with Crippen LogP contribution in [0.2, 0.25) is 0 Å². The summed E-state index contributed by atoms with van der Waals surface area (Å²) in [6.45, 7) is 2.01. The van der Waals surface area contributed by atoms with Crippen LogP contribution < -0.4 is 0 Å². The van der Waals surface area contributed by atoms with E-state index in [0.29, 0.717) is 0 Å². The summed E-state index contributed by atoms with van der Waals surface area (Å²) in [7, 11) is 0. The molecule has 0 aliphatic heterocycles. The minimum atomic E-state index is 0.939. The van der Waals surface area contributed by atoms with Crippen molar-refractivity contribution in [2.45, 2.75) is 6.92 Å². The van der Waals surface area contributed by atoms with Crippen molar-refractivity contribution in [2.24, 2.45) is 0 Å². The van der Waals surface area contributed by atoms with E-state index in [0.717, 1.165) is 11.1 Å². The molecule has 3 aromatic rings. The van der Waals surface area contributed by atoms with Crippen LogP contribution in [0.4, 0.5) is 0 Å². The lowest BCUT2D eigenvalue weighted by Gasteiger charge is -1.99. The Morgan fingerprint density at radius 2 is 1.89 bits per heavy atom. The fourth-order valence-corrected chi connectivity index (χ4v) is 2.23. The average Bonchev–Trinajstić information content (AvgIpc) is 2.83. The first-order valence-corrected chi connectivity index (χ1v) is 6.08. The van der Waals surface area contributed by atoms with Crippen LogP contribution in [0.15, 0.2) is 65.3 Å². The molecule has 0 N–H and O–H groups in total. The van der Waals surface area contributed by atoms with Crippen LogP contribution in [0.25, 0.3) is 27.8 Å². The van der Waals surface area contributed by atoms with Crippen LogP contribution in [0.5, 0.6) is 0 Å². The highest BCUT2D eigenvalue weighted by Crippen LogP contribution is 2.30. The third-order valence-corrected chi connectivity index (χ3v) is 3.07. The number of fused-ring (bicyclic) bond motifs is 3. The number of furan rings is 1. The van der Waals surface area contributed by atoms with E-state index in [1.165, 1.54) is 16.2 Å². The topological polar surface area (TPSA) is 13.1 Å². The Balaban J connectivity index is 2.30. The van der Waals surface area contributed by atoms with Crippen molar-refractivity contribution in [3.05, 3.63) is 66.5 Å². The zero-order valence-corrected chi connectivity index (χ0v) is 10.3. The zero-order chi connectivity index (χ0) is 12.4. The lowest BCUT2D eigenvalue weighted by molar-refractivity contribution is 0.615.